The standard InChI is InChI=1S/C11H21NO2/c1-4-12-11(13)14-10-7-5-6-8(2)9(10)3/h8-10H,4-7H2,1-3H3,(H,12,13)/t8-,9+,10-/m1/s1. The van der Waals surface area contributed by atoms with E-state index in [4.69, 9.17) is 4.74 Å². The SMILES string of the molecule is CCNC(=O)O[C@@H]1CCC[C@@H](C)[C@@H]1C. The van der Waals surface area contributed by atoms with Gasteiger partial charge in [-0.3, -0.25) is 0 Å². The van der Waals surface area contributed by atoms with Crippen molar-refractivity contribution in [3.05, 3.63) is 0 Å². The lowest BCUT2D eigenvalue weighted by Gasteiger charge is -2.33. The third-order valence-electron chi connectivity index (χ3n) is 3.21. The van der Waals surface area contributed by atoms with Crippen LogP contribution in [0.1, 0.15) is 40.0 Å². The average Bonchev–Trinajstić information content (AvgIpc) is 2.13. The van der Waals surface area contributed by atoms with E-state index < -0.39 is 0 Å². The maximum atomic E-state index is 11.2. The molecule has 0 radical (unpaired) electrons. The van der Waals surface area contributed by atoms with Crippen LogP contribution in [-0.4, -0.2) is 18.7 Å². The van der Waals surface area contributed by atoms with Crippen LogP contribution in [-0.2, 0) is 4.74 Å². The second-order valence-electron chi connectivity index (χ2n) is 4.24. The molecule has 0 unspecified atom stereocenters. The van der Waals surface area contributed by atoms with Crippen molar-refractivity contribution in [2.24, 2.45) is 11.8 Å². The quantitative estimate of drug-likeness (QED) is 0.742. The van der Waals surface area contributed by atoms with Gasteiger partial charge in [-0.05, 0) is 31.6 Å². The van der Waals surface area contributed by atoms with E-state index in [0.29, 0.717) is 18.4 Å². The van der Waals surface area contributed by atoms with Gasteiger partial charge in [0.05, 0.1) is 0 Å². The molecule has 0 bridgehead atoms. The van der Waals surface area contributed by atoms with Gasteiger partial charge >= 0.3 is 6.09 Å². The second kappa shape index (κ2) is 5.23. The van der Waals surface area contributed by atoms with Gasteiger partial charge in [-0.15, -0.1) is 0 Å². The first-order chi connectivity index (χ1) is 6.65. The molecule has 0 aromatic heterocycles. The highest BCUT2D eigenvalue weighted by molar-refractivity contribution is 5.67. The summed E-state index contributed by atoms with van der Waals surface area (Å²) in [5.74, 6) is 1.16. The fourth-order valence-electron chi connectivity index (χ4n) is 2.02. The van der Waals surface area contributed by atoms with Gasteiger partial charge in [-0.2, -0.15) is 0 Å². The highest BCUT2D eigenvalue weighted by Crippen LogP contribution is 2.31. The van der Waals surface area contributed by atoms with Crippen molar-refractivity contribution >= 4 is 6.09 Å². The monoisotopic (exact) mass is 199 g/mol. The topological polar surface area (TPSA) is 38.3 Å². The summed E-state index contributed by atoms with van der Waals surface area (Å²) in [5, 5.41) is 2.67. The van der Waals surface area contributed by atoms with E-state index in [2.05, 4.69) is 19.2 Å². The number of carbonyl (C=O) groups excluding carboxylic acids is 1. The first-order valence-corrected chi connectivity index (χ1v) is 5.59. The third kappa shape index (κ3) is 2.89. The molecule has 14 heavy (non-hydrogen) atoms. The maximum Gasteiger partial charge on any atom is 0.407 e. The summed E-state index contributed by atoms with van der Waals surface area (Å²) in [4.78, 5) is 11.2. The van der Waals surface area contributed by atoms with Gasteiger partial charge in [0.2, 0.25) is 0 Å². The molecular formula is C11H21NO2. The molecule has 1 fully saturated rings. The van der Waals surface area contributed by atoms with Crippen molar-refractivity contribution in [1.29, 1.82) is 0 Å². The Kier molecular flexibility index (Phi) is 4.23. The minimum Gasteiger partial charge on any atom is -0.446 e. The summed E-state index contributed by atoms with van der Waals surface area (Å²) in [6.45, 7) is 6.94. The first kappa shape index (κ1) is 11.3. The lowest BCUT2D eigenvalue weighted by atomic mass is 9.79. The highest BCUT2D eigenvalue weighted by atomic mass is 16.6. The Morgan fingerprint density at radius 3 is 2.79 bits per heavy atom. The molecule has 0 aromatic carbocycles. The molecule has 1 amide bonds. The molecule has 3 nitrogen and oxygen atoms in total. The van der Waals surface area contributed by atoms with Crippen LogP contribution in [0.3, 0.4) is 0 Å². The molecule has 1 N–H and O–H groups in total. The Balaban J connectivity index is 2.39. The minimum absolute atomic E-state index is 0.116. The van der Waals surface area contributed by atoms with E-state index in [1.54, 1.807) is 0 Å². The fraction of sp³-hybridized carbons (Fsp3) is 0.909. The molecule has 0 heterocycles. The van der Waals surface area contributed by atoms with Gasteiger partial charge in [0, 0.05) is 6.54 Å². The molecular weight excluding hydrogens is 178 g/mol. The number of hydrogen-bond acceptors (Lipinski definition) is 2. The van der Waals surface area contributed by atoms with Gasteiger partial charge in [0.15, 0.2) is 0 Å². The van der Waals surface area contributed by atoms with Crippen molar-refractivity contribution < 1.29 is 9.53 Å². The van der Waals surface area contributed by atoms with Crippen molar-refractivity contribution in [2.75, 3.05) is 6.54 Å². The first-order valence-electron chi connectivity index (χ1n) is 5.59. The van der Waals surface area contributed by atoms with Crippen molar-refractivity contribution in [2.45, 2.75) is 46.1 Å². The van der Waals surface area contributed by atoms with E-state index in [-0.39, 0.29) is 12.2 Å². The van der Waals surface area contributed by atoms with E-state index in [9.17, 15) is 4.79 Å². The zero-order valence-electron chi connectivity index (χ0n) is 9.38. The van der Waals surface area contributed by atoms with Gasteiger partial charge in [0.25, 0.3) is 0 Å². The summed E-state index contributed by atoms with van der Waals surface area (Å²) in [6, 6.07) is 0. The molecule has 3 atom stereocenters. The molecule has 0 saturated heterocycles. The predicted molar refractivity (Wildman–Crippen MR) is 56.1 cm³/mol. The minimum atomic E-state index is -0.265. The Morgan fingerprint density at radius 1 is 1.43 bits per heavy atom. The molecule has 82 valence electrons. The Morgan fingerprint density at radius 2 is 2.14 bits per heavy atom. The Hall–Kier alpha value is -0.730. The van der Waals surface area contributed by atoms with Crippen LogP contribution < -0.4 is 5.32 Å². The van der Waals surface area contributed by atoms with E-state index >= 15 is 0 Å². The zero-order chi connectivity index (χ0) is 10.6. The normalized spacial score (nSPS) is 32.4. The molecule has 1 aliphatic rings. The molecule has 0 spiro atoms. The predicted octanol–water partition coefficient (Wildman–Crippen LogP) is 2.56. The van der Waals surface area contributed by atoms with Crippen LogP contribution in [0.4, 0.5) is 4.79 Å². The molecule has 0 aliphatic heterocycles. The lowest BCUT2D eigenvalue weighted by Crippen LogP contribution is -2.36. The summed E-state index contributed by atoms with van der Waals surface area (Å²) in [7, 11) is 0. The number of amides is 1. The van der Waals surface area contributed by atoms with Gasteiger partial charge in [-0.1, -0.05) is 20.3 Å². The summed E-state index contributed by atoms with van der Waals surface area (Å²) < 4.78 is 5.36. The molecule has 3 heteroatoms. The van der Waals surface area contributed by atoms with Crippen LogP contribution in [0.25, 0.3) is 0 Å². The number of hydrogen-bond donors (Lipinski definition) is 1. The fourth-order valence-corrected chi connectivity index (χ4v) is 2.02. The number of alkyl carbamates (subject to hydrolysis) is 1. The van der Waals surface area contributed by atoms with Gasteiger partial charge in [0.1, 0.15) is 6.10 Å². The van der Waals surface area contributed by atoms with E-state index in [0.717, 1.165) is 6.42 Å². The Bertz CT molecular complexity index is 194. The van der Waals surface area contributed by atoms with Gasteiger partial charge < -0.3 is 10.1 Å². The molecule has 0 aromatic rings. The van der Waals surface area contributed by atoms with Crippen LogP contribution in [0.2, 0.25) is 0 Å². The average molecular weight is 199 g/mol. The number of rotatable bonds is 2. The number of ether oxygens (including phenoxy) is 1. The Labute approximate surface area is 86.2 Å². The summed E-state index contributed by atoms with van der Waals surface area (Å²) >= 11 is 0. The van der Waals surface area contributed by atoms with Crippen LogP contribution in [0, 0.1) is 11.8 Å². The molecule has 1 rings (SSSR count). The summed E-state index contributed by atoms with van der Waals surface area (Å²) in [5.41, 5.74) is 0. The van der Waals surface area contributed by atoms with Crippen LogP contribution in [0.15, 0.2) is 0 Å². The zero-order valence-corrected chi connectivity index (χ0v) is 9.38. The van der Waals surface area contributed by atoms with Crippen molar-refractivity contribution in [1.82, 2.24) is 5.32 Å². The van der Waals surface area contributed by atoms with Crippen molar-refractivity contribution in [3.63, 3.8) is 0 Å². The van der Waals surface area contributed by atoms with E-state index in [1.807, 2.05) is 6.92 Å². The molecule has 1 saturated carbocycles. The van der Waals surface area contributed by atoms with Crippen molar-refractivity contribution in [3.8, 4) is 0 Å². The van der Waals surface area contributed by atoms with E-state index in [1.165, 1.54) is 12.8 Å². The second-order valence-corrected chi connectivity index (χ2v) is 4.24. The highest BCUT2D eigenvalue weighted by Gasteiger charge is 2.29. The van der Waals surface area contributed by atoms with Crippen LogP contribution in [0.5, 0.6) is 0 Å². The summed E-state index contributed by atoms with van der Waals surface area (Å²) in [6.07, 6.45) is 3.30. The smallest absolute Gasteiger partial charge is 0.407 e. The third-order valence-corrected chi connectivity index (χ3v) is 3.21. The number of carbonyl (C=O) groups is 1. The largest absolute Gasteiger partial charge is 0.446 e. The molecule has 1 aliphatic carbocycles. The maximum absolute atomic E-state index is 11.2. The number of nitrogens with one attached hydrogen (secondary N) is 1. The lowest BCUT2D eigenvalue weighted by molar-refractivity contribution is 0.0231. The van der Waals surface area contributed by atoms with Gasteiger partial charge in [-0.25, -0.2) is 4.79 Å². The van der Waals surface area contributed by atoms with Crippen LogP contribution >= 0.6 is 0 Å².